The molecule has 2 N–H and O–H groups in total. The number of methoxy groups -OCH3 is 1. The molecule has 7 nitrogen and oxygen atoms in total. The molecule has 4 aromatic rings. The van der Waals surface area contributed by atoms with Crippen molar-refractivity contribution in [2.24, 2.45) is 0 Å². The van der Waals surface area contributed by atoms with Gasteiger partial charge in [0.1, 0.15) is 0 Å². The number of carbonyl (C=O) groups excluding carboxylic acids is 1. The molecule has 0 bridgehead atoms. The molecule has 0 unspecified atom stereocenters. The lowest BCUT2D eigenvalue weighted by atomic mass is 9.86. The van der Waals surface area contributed by atoms with Gasteiger partial charge in [0.25, 0.3) is 5.91 Å². The van der Waals surface area contributed by atoms with E-state index in [2.05, 4.69) is 32.0 Å². The van der Waals surface area contributed by atoms with Crippen molar-refractivity contribution < 1.29 is 14.6 Å². The van der Waals surface area contributed by atoms with Gasteiger partial charge in [-0.25, -0.2) is 4.98 Å². The summed E-state index contributed by atoms with van der Waals surface area (Å²) in [6.45, 7) is 2.43. The number of carbonyl (C=O) groups is 1. The first-order valence-corrected chi connectivity index (χ1v) is 13.4. The number of benzene rings is 2. The van der Waals surface area contributed by atoms with Gasteiger partial charge < -0.3 is 15.2 Å². The monoisotopic (exact) mass is 532 g/mol. The van der Waals surface area contributed by atoms with Crippen LogP contribution in [-0.4, -0.2) is 51.7 Å². The number of nitrogens with zero attached hydrogens (tertiary/aromatic N) is 3. The average molecular weight is 533 g/mol. The molecule has 5 rings (SSSR count). The molecular formula is C33H32N4O3. The lowest BCUT2D eigenvalue weighted by Gasteiger charge is -2.38. The average Bonchev–Trinajstić information content (AvgIpc) is 2.99. The van der Waals surface area contributed by atoms with Crippen LogP contribution in [0, 0.1) is 11.8 Å². The zero-order valence-corrected chi connectivity index (χ0v) is 22.5. The van der Waals surface area contributed by atoms with E-state index in [4.69, 9.17) is 4.74 Å². The summed E-state index contributed by atoms with van der Waals surface area (Å²) in [5, 5.41) is 14.0. The Morgan fingerprint density at radius 1 is 0.950 bits per heavy atom. The molecule has 1 aliphatic rings. The summed E-state index contributed by atoms with van der Waals surface area (Å²) >= 11 is 0. The predicted molar refractivity (Wildman–Crippen MR) is 155 cm³/mol. The Morgan fingerprint density at radius 3 is 2.40 bits per heavy atom. The van der Waals surface area contributed by atoms with E-state index in [0.29, 0.717) is 36.4 Å². The maximum absolute atomic E-state index is 12.8. The third-order valence-electron chi connectivity index (χ3n) is 7.08. The lowest BCUT2D eigenvalue weighted by Crippen LogP contribution is -2.45. The fourth-order valence-electron chi connectivity index (χ4n) is 4.75. The van der Waals surface area contributed by atoms with E-state index in [-0.39, 0.29) is 5.91 Å². The van der Waals surface area contributed by atoms with Gasteiger partial charge in [-0.2, -0.15) is 0 Å². The van der Waals surface area contributed by atoms with E-state index < -0.39 is 5.60 Å². The van der Waals surface area contributed by atoms with Crippen molar-refractivity contribution in [3.63, 3.8) is 0 Å². The summed E-state index contributed by atoms with van der Waals surface area (Å²) in [6.07, 6.45) is 5.45. The Kier molecular flexibility index (Phi) is 8.50. The van der Waals surface area contributed by atoms with Crippen molar-refractivity contribution in [3.8, 4) is 17.7 Å². The first-order chi connectivity index (χ1) is 19.5. The van der Waals surface area contributed by atoms with Gasteiger partial charge in [0, 0.05) is 72.6 Å². The van der Waals surface area contributed by atoms with E-state index in [0.717, 1.165) is 42.0 Å². The molecule has 202 valence electrons. The highest BCUT2D eigenvalue weighted by Crippen LogP contribution is 2.26. The standard InChI is InChI=1S/C33H32N4O3/c1-40-31-22-26(15-19-35-31)6-5-25-9-13-29(14-10-25)36-32(38)28-11-7-27(8-12-28)24-37-20-16-33(39,17-21-37)23-30-4-2-3-18-34-30/h2-4,7-15,18-19,22,39H,16-17,20-21,23-24H2,1H3,(H,36,38). The van der Waals surface area contributed by atoms with Crippen LogP contribution < -0.4 is 10.1 Å². The largest absolute Gasteiger partial charge is 0.481 e. The maximum atomic E-state index is 12.8. The Bertz CT molecular complexity index is 1480. The van der Waals surface area contributed by atoms with Crippen LogP contribution in [0.1, 0.15) is 45.6 Å². The molecule has 2 aromatic carbocycles. The molecule has 0 spiro atoms. The number of aromatic nitrogens is 2. The number of rotatable bonds is 7. The van der Waals surface area contributed by atoms with Gasteiger partial charge in [-0.3, -0.25) is 14.7 Å². The first-order valence-electron chi connectivity index (χ1n) is 13.4. The zero-order valence-electron chi connectivity index (χ0n) is 22.5. The van der Waals surface area contributed by atoms with Crippen LogP contribution in [0.15, 0.2) is 91.3 Å². The highest BCUT2D eigenvalue weighted by Gasteiger charge is 2.32. The third kappa shape index (κ3) is 7.32. The number of ether oxygens (including phenoxy) is 1. The molecule has 1 amide bonds. The van der Waals surface area contributed by atoms with Gasteiger partial charge in [-0.15, -0.1) is 0 Å². The van der Waals surface area contributed by atoms with Crippen LogP contribution in [0.4, 0.5) is 5.69 Å². The van der Waals surface area contributed by atoms with Crippen molar-refractivity contribution in [2.75, 3.05) is 25.5 Å². The third-order valence-corrected chi connectivity index (χ3v) is 7.08. The number of likely N-dealkylation sites (tertiary alicyclic amines) is 1. The number of hydrogen-bond acceptors (Lipinski definition) is 6. The van der Waals surface area contributed by atoms with E-state index in [1.165, 1.54) is 0 Å². The van der Waals surface area contributed by atoms with Crippen molar-refractivity contribution in [2.45, 2.75) is 31.4 Å². The first kappa shape index (κ1) is 27.1. The second kappa shape index (κ2) is 12.6. The summed E-state index contributed by atoms with van der Waals surface area (Å²) in [5.41, 5.74) is 4.33. The van der Waals surface area contributed by atoms with Crippen molar-refractivity contribution >= 4 is 11.6 Å². The van der Waals surface area contributed by atoms with Gasteiger partial charge in [0.2, 0.25) is 5.88 Å². The summed E-state index contributed by atoms with van der Waals surface area (Å²) in [7, 11) is 1.57. The van der Waals surface area contributed by atoms with E-state index in [9.17, 15) is 9.90 Å². The number of piperidine rings is 1. The lowest BCUT2D eigenvalue weighted by molar-refractivity contribution is -0.0231. The fourth-order valence-corrected chi connectivity index (χ4v) is 4.75. The number of anilines is 1. The highest BCUT2D eigenvalue weighted by atomic mass is 16.5. The molecule has 40 heavy (non-hydrogen) atoms. The number of pyridine rings is 2. The predicted octanol–water partition coefficient (Wildman–Crippen LogP) is 4.71. The van der Waals surface area contributed by atoms with Crippen molar-refractivity contribution in [3.05, 3.63) is 119 Å². The van der Waals surface area contributed by atoms with Crippen LogP contribution in [0.5, 0.6) is 5.88 Å². The smallest absolute Gasteiger partial charge is 0.255 e. The zero-order chi connectivity index (χ0) is 27.8. The molecular weight excluding hydrogens is 500 g/mol. The summed E-state index contributed by atoms with van der Waals surface area (Å²) in [4.78, 5) is 23.6. The number of amides is 1. The second-order valence-corrected chi connectivity index (χ2v) is 10.1. The molecule has 3 heterocycles. The molecule has 0 aliphatic carbocycles. The van der Waals surface area contributed by atoms with Gasteiger partial charge in [-0.05, 0) is 73.0 Å². The minimum atomic E-state index is -0.703. The van der Waals surface area contributed by atoms with E-state index in [1.54, 1.807) is 25.6 Å². The van der Waals surface area contributed by atoms with Crippen molar-refractivity contribution in [1.82, 2.24) is 14.9 Å². The number of hydrogen-bond donors (Lipinski definition) is 2. The number of aliphatic hydroxyl groups is 1. The Labute approximate surface area is 234 Å². The number of nitrogens with one attached hydrogen (secondary N) is 1. The van der Waals surface area contributed by atoms with Crippen LogP contribution in [-0.2, 0) is 13.0 Å². The second-order valence-electron chi connectivity index (χ2n) is 10.1. The van der Waals surface area contributed by atoms with E-state index >= 15 is 0 Å². The highest BCUT2D eigenvalue weighted by molar-refractivity contribution is 6.04. The van der Waals surface area contributed by atoms with Gasteiger partial charge in [0.05, 0.1) is 12.7 Å². The maximum Gasteiger partial charge on any atom is 0.255 e. The topological polar surface area (TPSA) is 87.6 Å². The van der Waals surface area contributed by atoms with Crippen LogP contribution in [0.3, 0.4) is 0 Å². The van der Waals surface area contributed by atoms with E-state index in [1.807, 2.05) is 72.8 Å². The summed E-state index contributed by atoms with van der Waals surface area (Å²) < 4.78 is 5.13. The molecule has 1 fully saturated rings. The molecule has 1 saturated heterocycles. The Balaban J connectivity index is 1.11. The molecule has 0 atom stereocenters. The van der Waals surface area contributed by atoms with Crippen LogP contribution in [0.2, 0.25) is 0 Å². The quantitative estimate of drug-likeness (QED) is 0.336. The fraction of sp³-hybridized carbons (Fsp3) is 0.242. The van der Waals surface area contributed by atoms with Crippen LogP contribution in [0.25, 0.3) is 0 Å². The molecule has 0 radical (unpaired) electrons. The van der Waals surface area contributed by atoms with Gasteiger partial charge in [-0.1, -0.05) is 30.0 Å². The Morgan fingerprint density at radius 2 is 1.70 bits per heavy atom. The van der Waals surface area contributed by atoms with Gasteiger partial charge in [0.15, 0.2) is 0 Å². The van der Waals surface area contributed by atoms with Crippen molar-refractivity contribution in [1.29, 1.82) is 0 Å². The minimum Gasteiger partial charge on any atom is -0.481 e. The molecule has 0 saturated carbocycles. The normalized spacial score (nSPS) is 14.6. The molecule has 7 heteroatoms. The minimum absolute atomic E-state index is 0.160. The SMILES string of the molecule is COc1cc(C#Cc2ccc(NC(=O)c3ccc(CN4CCC(O)(Cc5ccccn5)CC4)cc3)cc2)ccn1. The molecule has 2 aromatic heterocycles. The van der Waals surface area contributed by atoms with Gasteiger partial charge >= 0.3 is 0 Å². The van der Waals surface area contributed by atoms with Crippen LogP contribution >= 0.6 is 0 Å². The Hall–Kier alpha value is -4.51. The summed E-state index contributed by atoms with van der Waals surface area (Å²) in [5.74, 6) is 6.57. The molecule has 1 aliphatic heterocycles. The summed E-state index contributed by atoms with van der Waals surface area (Å²) in [6, 6.07) is 24.6.